The first kappa shape index (κ1) is 27.9. The molecule has 1 fully saturated rings. The summed E-state index contributed by atoms with van der Waals surface area (Å²) in [4.78, 5) is 8.98. The van der Waals surface area contributed by atoms with Crippen LogP contribution in [0.15, 0.2) is 42.0 Å². The Hall–Kier alpha value is -2.15. The molecule has 2 aliphatic rings. The molecule has 6 nitrogen and oxygen atoms in total. The van der Waals surface area contributed by atoms with E-state index in [1.807, 2.05) is 0 Å². The summed E-state index contributed by atoms with van der Waals surface area (Å²) >= 11 is 6.28. The first-order valence-corrected chi connectivity index (χ1v) is 14.8. The van der Waals surface area contributed by atoms with Crippen LogP contribution >= 0.6 is 11.6 Å². The molecule has 1 aromatic carbocycles. The third-order valence-corrected chi connectivity index (χ3v) is 7.81. The first-order valence-electron chi connectivity index (χ1n) is 14.4. The van der Waals surface area contributed by atoms with Gasteiger partial charge in [0.05, 0.1) is 0 Å². The predicted molar refractivity (Wildman–Crippen MR) is 156 cm³/mol. The Morgan fingerprint density at radius 1 is 0.919 bits per heavy atom. The summed E-state index contributed by atoms with van der Waals surface area (Å²) in [6.45, 7) is 6.85. The summed E-state index contributed by atoms with van der Waals surface area (Å²) in [6.07, 6.45) is 15.5. The lowest BCUT2D eigenvalue weighted by molar-refractivity contribution is 0.371. The summed E-state index contributed by atoms with van der Waals surface area (Å²) < 4.78 is 0. The van der Waals surface area contributed by atoms with Crippen molar-refractivity contribution in [1.82, 2.24) is 20.6 Å². The summed E-state index contributed by atoms with van der Waals surface area (Å²) in [5, 5.41) is 14.5. The lowest BCUT2D eigenvalue weighted by Crippen LogP contribution is -2.33. The highest BCUT2D eigenvalue weighted by Gasteiger charge is 2.13. The third kappa shape index (κ3) is 9.91. The van der Waals surface area contributed by atoms with Crippen LogP contribution in [0.1, 0.15) is 82.3 Å². The van der Waals surface area contributed by atoms with Crippen LogP contribution in [0, 0.1) is 5.92 Å². The maximum Gasteiger partial charge on any atom is 0.226 e. The Morgan fingerprint density at radius 3 is 2.46 bits per heavy atom. The molecule has 4 N–H and O–H groups in total. The number of anilines is 2. The SMILES string of the molecule is CC(CNc1cc(Cl)nc(NCc2ccc(CNCCCNC3CCCCC3)cc2)n1)C1=CCCCC1. The Kier molecular flexibility index (Phi) is 11.5. The molecule has 1 heterocycles. The smallest absolute Gasteiger partial charge is 0.226 e. The largest absolute Gasteiger partial charge is 0.369 e. The minimum atomic E-state index is 0.444. The fourth-order valence-corrected chi connectivity index (χ4v) is 5.49. The van der Waals surface area contributed by atoms with Gasteiger partial charge in [-0.15, -0.1) is 0 Å². The van der Waals surface area contributed by atoms with Crippen LogP contribution in [0.3, 0.4) is 0 Å². The minimum absolute atomic E-state index is 0.444. The maximum absolute atomic E-state index is 6.28. The second-order valence-corrected chi connectivity index (χ2v) is 11.1. The van der Waals surface area contributed by atoms with E-state index in [4.69, 9.17) is 11.6 Å². The highest BCUT2D eigenvalue weighted by Crippen LogP contribution is 2.25. The lowest BCUT2D eigenvalue weighted by atomic mass is 9.90. The molecule has 0 radical (unpaired) electrons. The van der Waals surface area contributed by atoms with Gasteiger partial charge in [-0.05, 0) is 75.1 Å². The van der Waals surface area contributed by atoms with Gasteiger partial charge in [0.25, 0.3) is 0 Å². The van der Waals surface area contributed by atoms with E-state index in [0.29, 0.717) is 23.6 Å². The highest BCUT2D eigenvalue weighted by atomic mass is 35.5. The fraction of sp³-hybridized carbons (Fsp3) is 0.600. The Labute approximate surface area is 228 Å². The van der Waals surface area contributed by atoms with E-state index in [9.17, 15) is 0 Å². The molecule has 0 spiro atoms. The van der Waals surface area contributed by atoms with E-state index in [1.165, 1.54) is 75.3 Å². The molecule has 1 atom stereocenters. The fourth-order valence-electron chi connectivity index (χ4n) is 5.30. The van der Waals surface area contributed by atoms with Gasteiger partial charge in [0, 0.05) is 31.7 Å². The van der Waals surface area contributed by atoms with Gasteiger partial charge in [0.1, 0.15) is 11.0 Å². The molecule has 37 heavy (non-hydrogen) atoms. The molecule has 1 saturated carbocycles. The predicted octanol–water partition coefficient (Wildman–Crippen LogP) is 6.69. The van der Waals surface area contributed by atoms with Gasteiger partial charge in [-0.25, -0.2) is 4.98 Å². The van der Waals surface area contributed by atoms with Gasteiger partial charge in [-0.1, -0.05) is 73.7 Å². The number of hydrogen-bond acceptors (Lipinski definition) is 6. The third-order valence-electron chi connectivity index (χ3n) is 7.61. The molecule has 4 rings (SSSR count). The van der Waals surface area contributed by atoms with E-state index in [2.05, 4.69) is 68.5 Å². The van der Waals surface area contributed by atoms with Gasteiger partial charge in [0.15, 0.2) is 0 Å². The molecule has 2 aromatic rings. The topological polar surface area (TPSA) is 73.9 Å². The second-order valence-electron chi connectivity index (χ2n) is 10.7. The average molecular weight is 525 g/mol. The second kappa shape index (κ2) is 15.3. The summed E-state index contributed by atoms with van der Waals surface area (Å²) in [7, 11) is 0. The first-order chi connectivity index (χ1) is 18.2. The van der Waals surface area contributed by atoms with Crippen LogP contribution in [0.4, 0.5) is 11.8 Å². The number of benzene rings is 1. The number of rotatable bonds is 14. The lowest BCUT2D eigenvalue weighted by Gasteiger charge is -2.22. The average Bonchev–Trinajstić information content (AvgIpc) is 2.94. The Balaban J connectivity index is 1.14. The van der Waals surface area contributed by atoms with Crippen LogP contribution in [0.25, 0.3) is 0 Å². The van der Waals surface area contributed by atoms with Crippen molar-refractivity contribution in [2.75, 3.05) is 30.3 Å². The monoisotopic (exact) mass is 524 g/mol. The van der Waals surface area contributed by atoms with Crippen molar-refractivity contribution >= 4 is 23.4 Å². The highest BCUT2D eigenvalue weighted by molar-refractivity contribution is 6.29. The van der Waals surface area contributed by atoms with Gasteiger partial charge in [-0.2, -0.15) is 4.98 Å². The molecular weight excluding hydrogens is 480 g/mol. The number of nitrogens with zero attached hydrogens (tertiary/aromatic N) is 2. The molecule has 202 valence electrons. The van der Waals surface area contributed by atoms with Gasteiger partial charge in [0.2, 0.25) is 5.95 Å². The summed E-state index contributed by atoms with van der Waals surface area (Å²) in [5.74, 6) is 1.81. The van der Waals surface area contributed by atoms with Crippen molar-refractivity contribution in [3.05, 3.63) is 58.3 Å². The number of aromatic nitrogens is 2. The normalized spacial score (nSPS) is 17.3. The molecular formula is C30H45ClN6. The van der Waals surface area contributed by atoms with Crippen molar-refractivity contribution in [1.29, 1.82) is 0 Å². The minimum Gasteiger partial charge on any atom is -0.369 e. The van der Waals surface area contributed by atoms with Crippen LogP contribution in [-0.4, -0.2) is 35.6 Å². The molecule has 0 aliphatic heterocycles. The van der Waals surface area contributed by atoms with E-state index < -0.39 is 0 Å². The van der Waals surface area contributed by atoms with Crippen LogP contribution in [0.2, 0.25) is 5.15 Å². The van der Waals surface area contributed by atoms with E-state index in [1.54, 1.807) is 11.6 Å². The number of halogens is 1. The zero-order chi connectivity index (χ0) is 25.7. The van der Waals surface area contributed by atoms with Crippen molar-refractivity contribution in [2.24, 2.45) is 5.92 Å². The molecule has 2 aliphatic carbocycles. The standard InChI is InChI=1S/C30H45ClN6/c1-23(26-9-4-2-5-10-26)20-34-29-19-28(31)36-30(37-29)35-22-25-15-13-24(14-16-25)21-32-17-8-18-33-27-11-6-3-7-12-27/h9,13-16,19,23,27,32-33H,2-8,10-12,17-18,20-22H2,1H3,(H2,34,35,36,37). The number of nitrogens with one attached hydrogen (secondary N) is 4. The van der Waals surface area contributed by atoms with Crippen LogP contribution in [0.5, 0.6) is 0 Å². The maximum atomic E-state index is 6.28. The molecule has 0 amide bonds. The number of allylic oxidation sites excluding steroid dienone is 1. The van der Waals surface area contributed by atoms with Gasteiger partial charge >= 0.3 is 0 Å². The summed E-state index contributed by atoms with van der Waals surface area (Å²) in [6, 6.07) is 11.3. The molecule has 0 bridgehead atoms. The molecule has 0 saturated heterocycles. The van der Waals surface area contributed by atoms with Crippen molar-refractivity contribution in [2.45, 2.75) is 90.3 Å². The number of hydrogen-bond donors (Lipinski definition) is 4. The van der Waals surface area contributed by atoms with Gasteiger partial charge in [-0.3, -0.25) is 0 Å². The van der Waals surface area contributed by atoms with Crippen molar-refractivity contribution in [3.8, 4) is 0 Å². The molecule has 1 aromatic heterocycles. The Morgan fingerprint density at radius 2 is 1.70 bits per heavy atom. The van der Waals surface area contributed by atoms with Crippen LogP contribution < -0.4 is 21.3 Å². The van der Waals surface area contributed by atoms with Crippen LogP contribution in [-0.2, 0) is 13.1 Å². The van der Waals surface area contributed by atoms with E-state index >= 15 is 0 Å². The van der Waals surface area contributed by atoms with Crippen molar-refractivity contribution in [3.63, 3.8) is 0 Å². The van der Waals surface area contributed by atoms with Crippen molar-refractivity contribution < 1.29 is 0 Å². The molecule has 7 heteroatoms. The Bertz CT molecular complexity index is 971. The van der Waals surface area contributed by atoms with E-state index in [-0.39, 0.29) is 0 Å². The molecule has 1 unspecified atom stereocenters. The summed E-state index contributed by atoms with van der Waals surface area (Å²) in [5.41, 5.74) is 4.05. The zero-order valence-corrected chi connectivity index (χ0v) is 23.3. The quantitative estimate of drug-likeness (QED) is 0.125. The van der Waals surface area contributed by atoms with E-state index in [0.717, 1.165) is 38.0 Å². The van der Waals surface area contributed by atoms with Gasteiger partial charge < -0.3 is 21.3 Å². The zero-order valence-electron chi connectivity index (χ0n) is 22.5.